The van der Waals surface area contributed by atoms with Crippen LogP contribution in [0.4, 0.5) is 0 Å². The Balaban J connectivity index is 1.54. The van der Waals surface area contributed by atoms with Crippen molar-refractivity contribution in [1.82, 2.24) is 20.4 Å². The lowest BCUT2D eigenvalue weighted by atomic mass is 10.0. The second-order valence-corrected chi connectivity index (χ2v) is 8.56. The largest absolute Gasteiger partial charge is 0.496 e. The molecule has 2 aliphatic rings. The predicted octanol–water partition coefficient (Wildman–Crippen LogP) is 2.79. The van der Waals surface area contributed by atoms with Gasteiger partial charge in [0.15, 0.2) is 5.96 Å². The molecule has 0 bridgehead atoms. The number of likely N-dealkylation sites (tertiary alicyclic amines) is 2. The number of hydrogen-bond donors (Lipinski definition) is 2. The Hall–Kier alpha value is -2.28. The van der Waals surface area contributed by atoms with Crippen LogP contribution in [0.15, 0.2) is 29.3 Å². The van der Waals surface area contributed by atoms with Gasteiger partial charge in [-0.3, -0.25) is 14.7 Å². The van der Waals surface area contributed by atoms with E-state index in [4.69, 9.17) is 4.74 Å². The summed E-state index contributed by atoms with van der Waals surface area (Å²) in [4.78, 5) is 21.5. The minimum absolute atomic E-state index is 0.216. The van der Waals surface area contributed by atoms with Crippen LogP contribution < -0.4 is 15.4 Å². The van der Waals surface area contributed by atoms with Gasteiger partial charge in [0.25, 0.3) is 0 Å². The maximum Gasteiger partial charge on any atom is 0.224 e. The van der Waals surface area contributed by atoms with Crippen molar-refractivity contribution in [1.29, 1.82) is 0 Å². The van der Waals surface area contributed by atoms with Crippen LogP contribution >= 0.6 is 0 Å². The SMILES string of the molecule is CN=C(NCCC(=O)N1CCCCC1C)NCC(c1ccccc1OC)N1CCCC1. The molecule has 3 rings (SSSR count). The molecule has 2 N–H and O–H groups in total. The molecule has 2 saturated heterocycles. The number of amides is 1. The van der Waals surface area contributed by atoms with E-state index < -0.39 is 0 Å². The first-order valence-corrected chi connectivity index (χ1v) is 11.7. The number of guanidine groups is 1. The highest BCUT2D eigenvalue weighted by Crippen LogP contribution is 2.31. The molecule has 0 aromatic heterocycles. The van der Waals surface area contributed by atoms with E-state index in [1.807, 2.05) is 17.0 Å². The standard InChI is InChI=1S/C24H39N5O2/c1-19-10-6-7-17-29(19)23(30)13-14-26-24(25-2)27-18-21(28-15-8-9-16-28)20-11-4-5-12-22(20)31-3/h4-5,11-12,19,21H,6-10,13-18H2,1-3H3,(H2,25,26,27). The van der Waals surface area contributed by atoms with Crippen molar-refractivity contribution < 1.29 is 9.53 Å². The Bertz CT molecular complexity index is 732. The first-order chi connectivity index (χ1) is 15.1. The molecule has 0 aliphatic carbocycles. The van der Waals surface area contributed by atoms with Crippen molar-refractivity contribution in [3.05, 3.63) is 29.8 Å². The average molecular weight is 430 g/mol. The number of rotatable bonds is 8. The number of nitrogens with one attached hydrogen (secondary N) is 2. The molecule has 2 heterocycles. The van der Waals surface area contributed by atoms with Gasteiger partial charge in [-0.05, 0) is 58.2 Å². The Labute approximate surface area is 187 Å². The fraction of sp³-hybridized carbons (Fsp3) is 0.667. The lowest BCUT2D eigenvalue weighted by molar-refractivity contribution is -0.134. The summed E-state index contributed by atoms with van der Waals surface area (Å²) in [5, 5.41) is 6.80. The molecule has 2 aliphatic heterocycles. The first kappa shape index (κ1) is 23.4. The Morgan fingerprint density at radius 1 is 1.16 bits per heavy atom. The zero-order chi connectivity index (χ0) is 22.1. The van der Waals surface area contributed by atoms with Crippen molar-refractivity contribution >= 4 is 11.9 Å². The van der Waals surface area contributed by atoms with Gasteiger partial charge in [0.05, 0.1) is 13.2 Å². The topological polar surface area (TPSA) is 69.2 Å². The normalized spacial score (nSPS) is 21.1. The molecular weight excluding hydrogens is 390 g/mol. The van der Waals surface area contributed by atoms with Gasteiger partial charge < -0.3 is 20.3 Å². The van der Waals surface area contributed by atoms with Crippen molar-refractivity contribution in [3.8, 4) is 5.75 Å². The molecule has 2 atom stereocenters. The molecule has 1 aromatic carbocycles. The van der Waals surface area contributed by atoms with E-state index in [2.05, 4.69) is 39.6 Å². The quantitative estimate of drug-likeness (QED) is 0.491. The van der Waals surface area contributed by atoms with Crippen molar-refractivity contribution in [2.45, 2.75) is 57.5 Å². The van der Waals surface area contributed by atoms with Gasteiger partial charge in [0.1, 0.15) is 5.75 Å². The minimum atomic E-state index is 0.216. The summed E-state index contributed by atoms with van der Waals surface area (Å²) >= 11 is 0. The van der Waals surface area contributed by atoms with E-state index in [-0.39, 0.29) is 11.9 Å². The summed E-state index contributed by atoms with van der Waals surface area (Å²) in [5.74, 6) is 1.89. The summed E-state index contributed by atoms with van der Waals surface area (Å²) in [5.41, 5.74) is 1.20. The van der Waals surface area contributed by atoms with Gasteiger partial charge in [-0.1, -0.05) is 18.2 Å². The summed E-state index contributed by atoms with van der Waals surface area (Å²) in [6.07, 6.45) is 6.42. The highest BCUT2D eigenvalue weighted by atomic mass is 16.5. The molecule has 172 valence electrons. The van der Waals surface area contributed by atoms with Crippen molar-refractivity contribution in [2.24, 2.45) is 4.99 Å². The van der Waals surface area contributed by atoms with Crippen LogP contribution in [0, 0.1) is 0 Å². The highest BCUT2D eigenvalue weighted by molar-refractivity contribution is 5.81. The number of aliphatic imine (C=N–C) groups is 1. The summed E-state index contributed by atoms with van der Waals surface area (Å²) in [6, 6.07) is 8.84. The molecule has 7 heteroatoms. The minimum Gasteiger partial charge on any atom is -0.496 e. The molecule has 7 nitrogen and oxygen atoms in total. The number of hydrogen-bond acceptors (Lipinski definition) is 4. The van der Waals surface area contributed by atoms with Gasteiger partial charge >= 0.3 is 0 Å². The molecule has 2 fully saturated rings. The van der Waals surface area contributed by atoms with E-state index in [9.17, 15) is 4.79 Å². The monoisotopic (exact) mass is 429 g/mol. The van der Waals surface area contributed by atoms with Crippen LogP contribution in [0.2, 0.25) is 0 Å². The summed E-state index contributed by atoms with van der Waals surface area (Å²) < 4.78 is 5.63. The zero-order valence-electron chi connectivity index (χ0n) is 19.4. The molecule has 2 unspecified atom stereocenters. The molecular formula is C24H39N5O2. The fourth-order valence-electron chi connectivity index (χ4n) is 4.74. The van der Waals surface area contributed by atoms with E-state index in [0.717, 1.165) is 50.7 Å². The number of ether oxygens (including phenoxy) is 1. The third kappa shape index (κ3) is 6.35. The number of para-hydroxylation sites is 1. The number of carbonyl (C=O) groups is 1. The lowest BCUT2D eigenvalue weighted by Crippen LogP contribution is -2.45. The van der Waals surface area contributed by atoms with Crippen LogP contribution in [0.25, 0.3) is 0 Å². The second-order valence-electron chi connectivity index (χ2n) is 8.56. The summed E-state index contributed by atoms with van der Waals surface area (Å²) in [6.45, 7) is 6.56. The third-order valence-corrected chi connectivity index (χ3v) is 6.52. The van der Waals surface area contributed by atoms with Crippen LogP contribution in [0.5, 0.6) is 5.75 Å². The second kappa shape index (κ2) is 11.9. The molecule has 0 saturated carbocycles. The lowest BCUT2D eigenvalue weighted by Gasteiger charge is -2.33. The Morgan fingerprint density at radius 2 is 1.90 bits per heavy atom. The van der Waals surface area contributed by atoms with Gasteiger partial charge in [0.2, 0.25) is 5.91 Å². The molecule has 0 spiro atoms. The van der Waals surface area contributed by atoms with Crippen molar-refractivity contribution in [2.75, 3.05) is 46.9 Å². The van der Waals surface area contributed by atoms with E-state index in [0.29, 0.717) is 19.0 Å². The van der Waals surface area contributed by atoms with Gasteiger partial charge in [0, 0.05) is 44.7 Å². The smallest absolute Gasteiger partial charge is 0.224 e. The predicted molar refractivity (Wildman–Crippen MR) is 126 cm³/mol. The van der Waals surface area contributed by atoms with Gasteiger partial charge in [-0.25, -0.2) is 0 Å². The van der Waals surface area contributed by atoms with Crippen molar-refractivity contribution in [3.63, 3.8) is 0 Å². The van der Waals surface area contributed by atoms with Crippen LogP contribution in [0.1, 0.15) is 57.1 Å². The molecule has 0 radical (unpaired) electrons. The van der Waals surface area contributed by atoms with E-state index >= 15 is 0 Å². The zero-order valence-corrected chi connectivity index (χ0v) is 19.4. The Morgan fingerprint density at radius 3 is 2.61 bits per heavy atom. The Kier molecular flexibility index (Phi) is 9.00. The number of benzene rings is 1. The van der Waals surface area contributed by atoms with Crippen LogP contribution in [0.3, 0.4) is 0 Å². The van der Waals surface area contributed by atoms with E-state index in [1.165, 1.54) is 24.8 Å². The number of methoxy groups -OCH3 is 1. The number of nitrogens with zero attached hydrogens (tertiary/aromatic N) is 3. The van der Waals surface area contributed by atoms with Crippen LogP contribution in [-0.4, -0.2) is 74.6 Å². The highest BCUT2D eigenvalue weighted by Gasteiger charge is 2.26. The maximum absolute atomic E-state index is 12.6. The number of piperidine rings is 1. The van der Waals surface area contributed by atoms with Gasteiger partial charge in [-0.15, -0.1) is 0 Å². The van der Waals surface area contributed by atoms with Gasteiger partial charge in [-0.2, -0.15) is 0 Å². The third-order valence-electron chi connectivity index (χ3n) is 6.52. The maximum atomic E-state index is 12.6. The fourth-order valence-corrected chi connectivity index (χ4v) is 4.74. The molecule has 1 amide bonds. The molecule has 1 aromatic rings. The molecule has 31 heavy (non-hydrogen) atoms. The van der Waals surface area contributed by atoms with Crippen LogP contribution in [-0.2, 0) is 4.79 Å². The first-order valence-electron chi connectivity index (χ1n) is 11.7. The number of carbonyl (C=O) groups excluding carboxylic acids is 1. The average Bonchev–Trinajstić information content (AvgIpc) is 3.33. The summed E-state index contributed by atoms with van der Waals surface area (Å²) in [7, 11) is 3.51. The van der Waals surface area contributed by atoms with E-state index in [1.54, 1.807) is 14.2 Å².